The quantitative estimate of drug-likeness (QED) is 0.317. The molecular weight excluding hydrogens is 460 g/mol. The lowest BCUT2D eigenvalue weighted by molar-refractivity contribution is -0.129. The normalized spacial score (nSPS) is 13.1. The van der Waals surface area contributed by atoms with Gasteiger partial charge in [0.05, 0.1) is 23.4 Å². The molecule has 1 N–H and O–H groups in total. The smallest absolute Gasteiger partial charge is 0.225 e. The predicted molar refractivity (Wildman–Crippen MR) is 139 cm³/mol. The van der Waals surface area contributed by atoms with Gasteiger partial charge in [-0.2, -0.15) is 5.10 Å². The lowest BCUT2D eigenvalue weighted by Crippen LogP contribution is -2.44. The molecule has 0 saturated carbocycles. The third kappa shape index (κ3) is 5.73. The van der Waals surface area contributed by atoms with Crippen LogP contribution in [0.5, 0.6) is 5.75 Å². The summed E-state index contributed by atoms with van der Waals surface area (Å²) in [4.78, 5) is 12.6. The number of hydrogen-bond donors (Lipinski definition) is 1. The van der Waals surface area contributed by atoms with Crippen molar-refractivity contribution in [1.29, 1.82) is 0 Å². The maximum absolute atomic E-state index is 14.4. The number of amides is 1. The Labute approximate surface area is 211 Å². The monoisotopic (exact) mass is 493 g/mol. The highest BCUT2D eigenvalue weighted by atomic mass is 19.1. The van der Waals surface area contributed by atoms with Crippen LogP contribution in [0.2, 0.25) is 0 Å². The molecule has 4 rings (SSSR count). The number of hydrogen-bond acceptors (Lipinski definition) is 3. The molecule has 0 saturated heterocycles. The molecule has 4 aromatic rings. The van der Waals surface area contributed by atoms with Gasteiger partial charge in [-0.1, -0.05) is 40.3 Å². The Hall–Kier alpha value is -3.74. The minimum Gasteiger partial charge on any atom is -0.484 e. The van der Waals surface area contributed by atoms with E-state index in [-0.39, 0.29) is 25.0 Å². The molecule has 0 aliphatic heterocycles. The second kappa shape index (κ2) is 10.5. The average molecular weight is 494 g/mol. The Morgan fingerprint density at radius 1 is 1.03 bits per heavy atom. The van der Waals surface area contributed by atoms with Gasteiger partial charge < -0.3 is 10.1 Å². The summed E-state index contributed by atoms with van der Waals surface area (Å²) in [7, 11) is 0. The molecule has 1 amide bonds. The van der Waals surface area contributed by atoms with Crippen LogP contribution in [0.4, 0.5) is 8.78 Å². The first kappa shape index (κ1) is 26.9. The van der Waals surface area contributed by atoms with E-state index in [9.17, 15) is 13.6 Å². The molecule has 5 nitrogen and oxygen atoms in total. The van der Waals surface area contributed by atoms with E-state index in [4.69, 9.17) is 4.74 Å². The fraction of sp³-hybridized carbons (Fsp3) is 0.310. The van der Waals surface area contributed by atoms with Gasteiger partial charge in [-0.05, 0) is 73.5 Å². The van der Waals surface area contributed by atoms with Crippen molar-refractivity contribution < 1.29 is 18.3 Å². The highest BCUT2D eigenvalue weighted by Crippen LogP contribution is 2.30. The van der Waals surface area contributed by atoms with Gasteiger partial charge in [0, 0.05) is 10.8 Å². The summed E-state index contributed by atoms with van der Waals surface area (Å²) in [6.45, 7) is 9.05. The Balaban J connectivity index is 0.00000361. The van der Waals surface area contributed by atoms with E-state index in [1.165, 1.54) is 18.2 Å². The molecule has 0 spiro atoms. The lowest BCUT2D eigenvalue weighted by Gasteiger charge is -2.29. The molecule has 0 fully saturated rings. The zero-order chi connectivity index (χ0) is 25.3. The van der Waals surface area contributed by atoms with E-state index in [0.717, 1.165) is 16.6 Å². The SMILES string of the molecule is C.Cc1ccc([C@@H](Oc2ccc3c(cnn3-c3ccc(F)cc3)c2)[C@H](C)NC(=O)C(C)(C)C)cc1F. The van der Waals surface area contributed by atoms with Crippen molar-refractivity contribution in [2.45, 2.75) is 54.2 Å². The van der Waals surface area contributed by atoms with Gasteiger partial charge >= 0.3 is 0 Å². The molecule has 2 atom stereocenters. The topological polar surface area (TPSA) is 56.1 Å². The maximum atomic E-state index is 14.4. The van der Waals surface area contributed by atoms with Crippen molar-refractivity contribution in [2.24, 2.45) is 5.41 Å². The average Bonchev–Trinajstić information content (AvgIpc) is 3.22. The van der Waals surface area contributed by atoms with Crippen LogP contribution in [0.15, 0.2) is 66.9 Å². The molecule has 0 aliphatic carbocycles. The summed E-state index contributed by atoms with van der Waals surface area (Å²) in [5.74, 6) is -0.213. The number of carbonyl (C=O) groups excluding carboxylic acids is 1. The number of benzene rings is 3. The zero-order valence-corrected chi connectivity index (χ0v) is 20.5. The number of rotatable bonds is 6. The Bertz CT molecular complexity index is 1360. The summed E-state index contributed by atoms with van der Waals surface area (Å²) in [5.41, 5.74) is 2.15. The van der Waals surface area contributed by atoms with Crippen LogP contribution < -0.4 is 10.1 Å². The van der Waals surface area contributed by atoms with Gasteiger partial charge in [0.15, 0.2) is 0 Å². The number of carbonyl (C=O) groups is 1. The molecule has 0 radical (unpaired) electrons. The molecule has 0 aliphatic rings. The summed E-state index contributed by atoms with van der Waals surface area (Å²) >= 11 is 0. The fourth-order valence-corrected chi connectivity index (χ4v) is 3.76. The number of nitrogens with one attached hydrogen (secondary N) is 1. The van der Waals surface area contributed by atoms with Crippen molar-refractivity contribution >= 4 is 16.8 Å². The first-order chi connectivity index (χ1) is 16.5. The molecule has 0 bridgehead atoms. The van der Waals surface area contributed by atoms with Gasteiger partial charge in [0.1, 0.15) is 23.5 Å². The maximum Gasteiger partial charge on any atom is 0.225 e. The molecule has 1 heterocycles. The second-order valence-electron chi connectivity index (χ2n) is 9.81. The van der Waals surface area contributed by atoms with E-state index in [1.54, 1.807) is 42.1 Å². The van der Waals surface area contributed by atoms with Crippen molar-refractivity contribution in [3.05, 3.63) is 89.6 Å². The first-order valence-corrected chi connectivity index (χ1v) is 11.5. The highest BCUT2D eigenvalue weighted by Gasteiger charge is 2.28. The summed E-state index contributed by atoms with van der Waals surface area (Å²) in [6, 6.07) is 16.2. The highest BCUT2D eigenvalue weighted by molar-refractivity contribution is 5.82. The predicted octanol–water partition coefficient (Wildman–Crippen LogP) is 6.92. The van der Waals surface area contributed by atoms with Crippen LogP contribution in [0.3, 0.4) is 0 Å². The zero-order valence-electron chi connectivity index (χ0n) is 20.5. The van der Waals surface area contributed by atoms with Gasteiger partial charge in [-0.3, -0.25) is 4.79 Å². The van der Waals surface area contributed by atoms with Crippen LogP contribution in [0.1, 0.15) is 52.4 Å². The molecule has 3 aromatic carbocycles. The molecule has 7 heteroatoms. The van der Waals surface area contributed by atoms with Crippen molar-refractivity contribution in [1.82, 2.24) is 15.1 Å². The summed E-state index contributed by atoms with van der Waals surface area (Å²) in [6.07, 6.45) is 1.08. The van der Waals surface area contributed by atoms with Gasteiger partial charge in [0.25, 0.3) is 0 Å². The van der Waals surface area contributed by atoms with Gasteiger partial charge in [-0.15, -0.1) is 0 Å². The number of halogens is 2. The molecule has 36 heavy (non-hydrogen) atoms. The van der Waals surface area contributed by atoms with Crippen LogP contribution in [-0.4, -0.2) is 21.7 Å². The third-order valence-electron chi connectivity index (χ3n) is 5.89. The van der Waals surface area contributed by atoms with Crippen LogP contribution in [-0.2, 0) is 4.79 Å². The minimum absolute atomic E-state index is 0. The van der Waals surface area contributed by atoms with E-state index < -0.39 is 17.6 Å². The Morgan fingerprint density at radius 2 is 1.72 bits per heavy atom. The number of aromatic nitrogens is 2. The second-order valence-corrected chi connectivity index (χ2v) is 9.81. The van der Waals surface area contributed by atoms with E-state index in [2.05, 4.69) is 10.4 Å². The first-order valence-electron chi connectivity index (χ1n) is 11.5. The Kier molecular flexibility index (Phi) is 7.82. The van der Waals surface area contributed by atoms with Crippen LogP contribution >= 0.6 is 0 Å². The Morgan fingerprint density at radius 3 is 2.36 bits per heavy atom. The van der Waals surface area contributed by atoms with E-state index in [0.29, 0.717) is 16.9 Å². The van der Waals surface area contributed by atoms with Gasteiger partial charge in [-0.25, -0.2) is 13.5 Å². The summed E-state index contributed by atoms with van der Waals surface area (Å²) in [5, 5.41) is 8.26. The largest absolute Gasteiger partial charge is 0.484 e. The number of ether oxygens (including phenoxy) is 1. The minimum atomic E-state index is -0.624. The van der Waals surface area contributed by atoms with Gasteiger partial charge in [0.2, 0.25) is 5.91 Å². The number of nitrogens with zero attached hydrogens (tertiary/aromatic N) is 2. The van der Waals surface area contributed by atoms with E-state index >= 15 is 0 Å². The molecule has 0 unspecified atom stereocenters. The lowest BCUT2D eigenvalue weighted by atomic mass is 9.94. The molecule has 190 valence electrons. The fourth-order valence-electron chi connectivity index (χ4n) is 3.76. The number of fused-ring (bicyclic) bond motifs is 1. The van der Waals surface area contributed by atoms with Crippen molar-refractivity contribution in [3.8, 4) is 11.4 Å². The molecular formula is C29H33F2N3O2. The third-order valence-corrected chi connectivity index (χ3v) is 5.89. The van der Waals surface area contributed by atoms with Crippen LogP contribution in [0.25, 0.3) is 16.6 Å². The van der Waals surface area contributed by atoms with E-state index in [1.807, 2.05) is 45.9 Å². The van der Waals surface area contributed by atoms with Crippen molar-refractivity contribution in [3.63, 3.8) is 0 Å². The number of aryl methyl sites for hydroxylation is 1. The van der Waals surface area contributed by atoms with Crippen LogP contribution in [0, 0.1) is 24.0 Å². The van der Waals surface area contributed by atoms with Crippen molar-refractivity contribution in [2.75, 3.05) is 0 Å². The molecule has 1 aromatic heterocycles. The standard InChI is InChI=1S/C28H29F2N3O2.CH4/c1-17-6-7-19(15-24(17)30)26(18(2)32-27(34)28(3,4)5)35-23-12-13-25-20(14-23)16-31-33(25)22-10-8-21(29)9-11-22;/h6-16,18,26H,1-5H3,(H,32,34);1H4/t18-,26-;/m0./s1. The summed E-state index contributed by atoms with van der Waals surface area (Å²) < 4.78 is 35.8.